The lowest BCUT2D eigenvalue weighted by Gasteiger charge is -2.22. The van der Waals surface area contributed by atoms with E-state index in [1.165, 1.54) is 32.1 Å². The van der Waals surface area contributed by atoms with Crippen LogP contribution in [-0.2, 0) is 5.11 Å². The van der Waals surface area contributed by atoms with Crippen LogP contribution in [0.5, 0.6) is 0 Å². The molecule has 1 saturated carbocycles. The summed E-state index contributed by atoms with van der Waals surface area (Å²) in [6, 6.07) is 0. The minimum atomic E-state index is -0.250. The van der Waals surface area contributed by atoms with Crippen molar-refractivity contribution in [3.63, 3.8) is 0 Å². The van der Waals surface area contributed by atoms with Gasteiger partial charge in [-0.3, -0.25) is 0 Å². The summed E-state index contributed by atoms with van der Waals surface area (Å²) >= 11 is 0. The van der Waals surface area contributed by atoms with Gasteiger partial charge < -0.3 is 0 Å². The normalized spacial score (nSPS) is 34.4. The summed E-state index contributed by atoms with van der Waals surface area (Å²) in [6.45, 7) is 2.15. The highest BCUT2D eigenvalue weighted by Crippen LogP contribution is 2.25. The first-order valence-corrected chi connectivity index (χ1v) is 5.00. The number of rotatable bonds is 1. The van der Waals surface area contributed by atoms with E-state index in [4.69, 9.17) is 0 Å². The fourth-order valence-electron chi connectivity index (χ4n) is 1.99. The summed E-state index contributed by atoms with van der Waals surface area (Å²) in [7, 11) is 0. The van der Waals surface area contributed by atoms with E-state index in [1.54, 1.807) is 0 Å². The highest BCUT2D eigenvalue weighted by molar-refractivity contribution is 4.70. The molecule has 1 radical (unpaired) electrons. The van der Waals surface area contributed by atoms with Gasteiger partial charge in [0.05, 0.1) is 6.10 Å². The van der Waals surface area contributed by atoms with Crippen LogP contribution in [0.2, 0.25) is 0 Å². The molecule has 1 heteroatoms. The molecule has 0 bridgehead atoms. The molecule has 0 N–H and O–H groups in total. The van der Waals surface area contributed by atoms with Crippen LogP contribution in [0.25, 0.3) is 0 Å². The van der Waals surface area contributed by atoms with Crippen LogP contribution < -0.4 is 0 Å². The van der Waals surface area contributed by atoms with Crippen molar-refractivity contribution in [2.45, 2.75) is 58.0 Å². The number of hydrogen-bond acceptors (Lipinski definition) is 0. The molecule has 0 aromatic carbocycles. The maximum Gasteiger partial charge on any atom is 0.0958 e. The van der Waals surface area contributed by atoms with E-state index in [2.05, 4.69) is 6.92 Å². The molecule has 11 heavy (non-hydrogen) atoms. The van der Waals surface area contributed by atoms with Gasteiger partial charge in [-0.2, -0.15) is 0 Å². The molecule has 65 valence electrons. The van der Waals surface area contributed by atoms with E-state index in [1.807, 2.05) is 0 Å². The van der Waals surface area contributed by atoms with Crippen molar-refractivity contribution in [3.05, 3.63) is 0 Å². The van der Waals surface area contributed by atoms with Gasteiger partial charge >= 0.3 is 0 Å². The van der Waals surface area contributed by atoms with Gasteiger partial charge in [0, 0.05) is 0 Å². The van der Waals surface area contributed by atoms with Gasteiger partial charge in [0.2, 0.25) is 0 Å². The monoisotopic (exact) mass is 155 g/mol. The summed E-state index contributed by atoms with van der Waals surface area (Å²) in [5, 5.41) is 11.5. The predicted octanol–water partition coefficient (Wildman–Crippen LogP) is 3.17. The SMILES string of the molecule is CCC1CCCCCCC1[O]. The maximum absolute atomic E-state index is 11.5. The highest BCUT2D eigenvalue weighted by Gasteiger charge is 2.19. The van der Waals surface area contributed by atoms with Crippen molar-refractivity contribution in [2.75, 3.05) is 0 Å². The molecule has 0 aromatic heterocycles. The molecule has 0 heterocycles. The molecule has 1 nitrogen and oxygen atoms in total. The summed E-state index contributed by atoms with van der Waals surface area (Å²) in [5.41, 5.74) is 0. The lowest BCUT2D eigenvalue weighted by Crippen LogP contribution is -2.19. The van der Waals surface area contributed by atoms with Crippen molar-refractivity contribution in [1.82, 2.24) is 0 Å². The minimum Gasteiger partial charge on any atom is -0.233 e. The zero-order valence-corrected chi connectivity index (χ0v) is 7.51. The quantitative estimate of drug-likeness (QED) is 0.554. The Labute approximate surface area is 69.8 Å². The Bertz CT molecular complexity index is 101. The minimum absolute atomic E-state index is 0.250. The largest absolute Gasteiger partial charge is 0.233 e. The van der Waals surface area contributed by atoms with E-state index in [0.717, 1.165) is 12.8 Å². The van der Waals surface area contributed by atoms with Crippen molar-refractivity contribution < 1.29 is 5.11 Å². The molecule has 0 aliphatic heterocycles. The molecule has 2 unspecified atom stereocenters. The van der Waals surface area contributed by atoms with Crippen LogP contribution in [0.1, 0.15) is 51.9 Å². The first-order valence-electron chi connectivity index (χ1n) is 5.00. The Kier molecular flexibility index (Phi) is 3.92. The molecule has 0 saturated heterocycles. The molecule has 0 spiro atoms. The Morgan fingerprint density at radius 3 is 2.36 bits per heavy atom. The predicted molar refractivity (Wildman–Crippen MR) is 46.0 cm³/mol. The van der Waals surface area contributed by atoms with E-state index < -0.39 is 0 Å². The molecular weight excluding hydrogens is 136 g/mol. The second kappa shape index (κ2) is 4.76. The van der Waals surface area contributed by atoms with Gasteiger partial charge in [0.15, 0.2) is 0 Å². The zero-order valence-electron chi connectivity index (χ0n) is 7.51. The fraction of sp³-hybridized carbons (Fsp3) is 1.00. The maximum atomic E-state index is 11.5. The Hall–Kier alpha value is -0.0400. The highest BCUT2D eigenvalue weighted by atomic mass is 16.3. The Balaban J connectivity index is 2.33. The molecule has 0 aromatic rings. The summed E-state index contributed by atoms with van der Waals surface area (Å²) in [4.78, 5) is 0. The molecular formula is C10H19O. The summed E-state index contributed by atoms with van der Waals surface area (Å²) < 4.78 is 0. The summed E-state index contributed by atoms with van der Waals surface area (Å²) in [6.07, 6.45) is 8.05. The molecule has 1 rings (SSSR count). The van der Waals surface area contributed by atoms with E-state index in [9.17, 15) is 5.11 Å². The van der Waals surface area contributed by atoms with Crippen molar-refractivity contribution in [2.24, 2.45) is 5.92 Å². The molecule has 0 amide bonds. The fourth-order valence-corrected chi connectivity index (χ4v) is 1.99. The van der Waals surface area contributed by atoms with Crippen LogP contribution in [0.4, 0.5) is 0 Å². The van der Waals surface area contributed by atoms with Crippen LogP contribution in [0.3, 0.4) is 0 Å². The first-order chi connectivity index (χ1) is 5.34. The lowest BCUT2D eigenvalue weighted by atomic mass is 9.87. The smallest absolute Gasteiger partial charge is 0.0958 e. The van der Waals surface area contributed by atoms with Gasteiger partial charge in [-0.1, -0.05) is 39.0 Å². The van der Waals surface area contributed by atoms with Crippen LogP contribution in [-0.4, -0.2) is 6.10 Å². The van der Waals surface area contributed by atoms with Crippen LogP contribution in [0, 0.1) is 5.92 Å². The summed E-state index contributed by atoms with van der Waals surface area (Å²) in [5.74, 6) is 0.482. The van der Waals surface area contributed by atoms with E-state index >= 15 is 0 Å². The van der Waals surface area contributed by atoms with Crippen LogP contribution in [0.15, 0.2) is 0 Å². The van der Waals surface area contributed by atoms with Gasteiger partial charge in [-0.15, -0.1) is 0 Å². The number of hydrogen-bond donors (Lipinski definition) is 0. The van der Waals surface area contributed by atoms with Gasteiger partial charge in [-0.25, -0.2) is 5.11 Å². The topological polar surface area (TPSA) is 19.9 Å². The van der Waals surface area contributed by atoms with Gasteiger partial charge in [0.25, 0.3) is 0 Å². The molecule has 1 fully saturated rings. The van der Waals surface area contributed by atoms with Gasteiger partial charge in [0.1, 0.15) is 0 Å². The van der Waals surface area contributed by atoms with E-state index in [0.29, 0.717) is 5.92 Å². The molecule has 1 aliphatic rings. The average Bonchev–Trinajstić information content (AvgIpc) is 1.98. The average molecular weight is 155 g/mol. The third-order valence-electron chi connectivity index (χ3n) is 2.86. The third-order valence-corrected chi connectivity index (χ3v) is 2.86. The van der Waals surface area contributed by atoms with Crippen molar-refractivity contribution in [1.29, 1.82) is 0 Å². The van der Waals surface area contributed by atoms with Gasteiger partial charge in [-0.05, 0) is 18.8 Å². The second-order valence-electron chi connectivity index (χ2n) is 3.70. The standard InChI is InChI=1S/C10H19O/c1-2-9-7-5-3-4-6-8-10(9)11/h9-10H,2-8H2,1H3. The zero-order chi connectivity index (χ0) is 8.10. The van der Waals surface area contributed by atoms with E-state index in [-0.39, 0.29) is 6.10 Å². The molecule has 1 aliphatic carbocycles. The third kappa shape index (κ3) is 2.82. The first kappa shape index (κ1) is 9.05. The lowest BCUT2D eigenvalue weighted by molar-refractivity contribution is 0.0178. The van der Waals surface area contributed by atoms with Crippen LogP contribution >= 0.6 is 0 Å². The molecule has 2 atom stereocenters. The Morgan fingerprint density at radius 1 is 1.09 bits per heavy atom. The van der Waals surface area contributed by atoms with Crippen molar-refractivity contribution in [3.8, 4) is 0 Å². The second-order valence-corrected chi connectivity index (χ2v) is 3.70. The van der Waals surface area contributed by atoms with Crippen molar-refractivity contribution >= 4 is 0 Å². The Morgan fingerprint density at radius 2 is 1.73 bits per heavy atom.